The molecule has 1 amide bonds. The number of amides is 1. The minimum absolute atomic E-state index is 0.199. The van der Waals surface area contributed by atoms with Gasteiger partial charge in [0.25, 0.3) is 5.91 Å². The van der Waals surface area contributed by atoms with E-state index < -0.39 is 0 Å². The van der Waals surface area contributed by atoms with Crippen LogP contribution in [0.2, 0.25) is 5.02 Å². The molecule has 0 bridgehead atoms. The fourth-order valence-electron chi connectivity index (χ4n) is 2.19. The molecule has 0 radical (unpaired) electrons. The van der Waals surface area contributed by atoms with E-state index in [1.54, 1.807) is 18.3 Å². The Balaban J connectivity index is 1.64. The number of hydrogen-bond donors (Lipinski definition) is 1. The van der Waals surface area contributed by atoms with Crippen LogP contribution in [0.5, 0.6) is 11.5 Å². The predicted molar refractivity (Wildman–Crippen MR) is 82.7 cm³/mol. The van der Waals surface area contributed by atoms with E-state index in [1.807, 2.05) is 18.2 Å². The number of fused-ring (bicyclic) bond motifs is 1. The number of halogens is 1. The van der Waals surface area contributed by atoms with E-state index in [-0.39, 0.29) is 5.91 Å². The van der Waals surface area contributed by atoms with Crippen LogP contribution < -0.4 is 14.8 Å². The number of pyridine rings is 1. The van der Waals surface area contributed by atoms with Gasteiger partial charge in [0.1, 0.15) is 13.2 Å². The smallest absolute Gasteiger partial charge is 0.251 e. The average Bonchev–Trinajstić information content (AvgIpc) is 2.56. The summed E-state index contributed by atoms with van der Waals surface area (Å²) in [5.74, 6) is 0.807. The van der Waals surface area contributed by atoms with Crippen LogP contribution in [0.4, 0.5) is 0 Å². The molecule has 6 heteroatoms. The zero-order valence-electron chi connectivity index (χ0n) is 11.8. The summed E-state index contributed by atoms with van der Waals surface area (Å²) < 4.78 is 10.9. The Morgan fingerprint density at radius 2 is 2.14 bits per heavy atom. The van der Waals surface area contributed by atoms with E-state index in [4.69, 9.17) is 21.1 Å². The molecule has 0 atom stereocenters. The van der Waals surface area contributed by atoms with Crippen LogP contribution in [0.15, 0.2) is 36.5 Å². The Hall–Kier alpha value is -2.27. The summed E-state index contributed by atoms with van der Waals surface area (Å²) in [4.78, 5) is 16.4. The third-order valence-corrected chi connectivity index (χ3v) is 3.53. The molecular weight excluding hydrogens is 304 g/mol. The molecule has 1 aliphatic rings. The standard InChI is InChI=1S/C16H15ClN2O3/c17-13-9-11(10-14-15(13)22-8-7-21-14)16(20)19-6-4-12-3-1-2-5-18-12/h1-3,5,9-10H,4,6-8H2,(H,19,20). The number of carbonyl (C=O) groups is 1. The van der Waals surface area contributed by atoms with Gasteiger partial charge in [0.05, 0.1) is 5.02 Å². The van der Waals surface area contributed by atoms with Crippen molar-refractivity contribution in [1.82, 2.24) is 10.3 Å². The summed E-state index contributed by atoms with van der Waals surface area (Å²) in [6.07, 6.45) is 2.41. The predicted octanol–water partition coefficient (Wildman–Crippen LogP) is 2.48. The van der Waals surface area contributed by atoms with Crippen LogP contribution in [0.25, 0.3) is 0 Å². The Morgan fingerprint density at radius 1 is 1.27 bits per heavy atom. The van der Waals surface area contributed by atoms with Crippen molar-refractivity contribution in [3.8, 4) is 11.5 Å². The van der Waals surface area contributed by atoms with E-state index >= 15 is 0 Å². The number of rotatable bonds is 4. The fraction of sp³-hybridized carbons (Fsp3) is 0.250. The molecule has 5 nitrogen and oxygen atoms in total. The molecule has 22 heavy (non-hydrogen) atoms. The van der Waals surface area contributed by atoms with Crippen LogP contribution in [0.1, 0.15) is 16.1 Å². The van der Waals surface area contributed by atoms with E-state index in [1.165, 1.54) is 0 Å². The summed E-state index contributed by atoms with van der Waals surface area (Å²) in [5, 5.41) is 3.23. The molecule has 1 aromatic heterocycles. The molecule has 0 saturated carbocycles. The van der Waals surface area contributed by atoms with E-state index in [9.17, 15) is 4.79 Å². The number of ether oxygens (including phenoxy) is 2. The Kier molecular flexibility index (Phi) is 4.44. The summed E-state index contributed by atoms with van der Waals surface area (Å²) in [5.41, 5.74) is 1.39. The number of nitrogens with zero attached hydrogens (tertiary/aromatic N) is 1. The molecular formula is C16H15ClN2O3. The lowest BCUT2D eigenvalue weighted by atomic mass is 10.1. The zero-order valence-corrected chi connectivity index (χ0v) is 12.6. The molecule has 2 heterocycles. The van der Waals surface area contributed by atoms with Crippen molar-refractivity contribution in [2.45, 2.75) is 6.42 Å². The SMILES string of the molecule is O=C(NCCc1ccccn1)c1cc(Cl)c2c(c1)OCCO2. The third-order valence-electron chi connectivity index (χ3n) is 3.25. The maximum Gasteiger partial charge on any atom is 0.251 e. The van der Waals surface area contributed by atoms with Crippen molar-refractivity contribution in [1.29, 1.82) is 0 Å². The Labute approximate surface area is 133 Å². The van der Waals surface area contributed by atoms with E-state index in [2.05, 4.69) is 10.3 Å². The molecule has 114 valence electrons. The van der Waals surface area contributed by atoms with Crippen molar-refractivity contribution >= 4 is 17.5 Å². The minimum atomic E-state index is -0.199. The number of hydrogen-bond acceptors (Lipinski definition) is 4. The van der Waals surface area contributed by atoms with Crippen molar-refractivity contribution in [2.75, 3.05) is 19.8 Å². The van der Waals surface area contributed by atoms with E-state index in [0.717, 1.165) is 5.69 Å². The highest BCUT2D eigenvalue weighted by atomic mass is 35.5. The molecule has 1 N–H and O–H groups in total. The summed E-state index contributed by atoms with van der Waals surface area (Å²) in [6, 6.07) is 8.94. The van der Waals surface area contributed by atoms with Crippen molar-refractivity contribution < 1.29 is 14.3 Å². The summed E-state index contributed by atoms with van der Waals surface area (Å²) in [6.45, 7) is 1.42. The van der Waals surface area contributed by atoms with Gasteiger partial charge in [-0.05, 0) is 24.3 Å². The molecule has 0 saturated heterocycles. The highest BCUT2D eigenvalue weighted by Crippen LogP contribution is 2.38. The first-order valence-electron chi connectivity index (χ1n) is 7.01. The maximum atomic E-state index is 12.2. The molecule has 1 aromatic carbocycles. The van der Waals surface area contributed by atoms with Gasteiger partial charge in [-0.3, -0.25) is 9.78 Å². The van der Waals surface area contributed by atoms with Gasteiger partial charge >= 0.3 is 0 Å². The van der Waals surface area contributed by atoms with Gasteiger partial charge in [-0.1, -0.05) is 17.7 Å². The highest BCUT2D eigenvalue weighted by molar-refractivity contribution is 6.32. The molecule has 0 aliphatic carbocycles. The summed E-state index contributed by atoms with van der Waals surface area (Å²) in [7, 11) is 0. The van der Waals surface area contributed by atoms with Gasteiger partial charge < -0.3 is 14.8 Å². The van der Waals surface area contributed by atoms with Crippen molar-refractivity contribution in [2.24, 2.45) is 0 Å². The topological polar surface area (TPSA) is 60.5 Å². The fourth-order valence-corrected chi connectivity index (χ4v) is 2.46. The van der Waals surface area contributed by atoms with Gasteiger partial charge in [0.15, 0.2) is 11.5 Å². The van der Waals surface area contributed by atoms with Crippen LogP contribution in [0, 0.1) is 0 Å². The second kappa shape index (κ2) is 6.66. The molecule has 2 aromatic rings. The van der Waals surface area contributed by atoms with Gasteiger partial charge in [-0.25, -0.2) is 0 Å². The third kappa shape index (κ3) is 3.31. The van der Waals surface area contributed by atoms with Crippen LogP contribution in [-0.4, -0.2) is 30.6 Å². The van der Waals surface area contributed by atoms with Crippen LogP contribution in [-0.2, 0) is 6.42 Å². The second-order valence-corrected chi connectivity index (χ2v) is 5.22. The Bertz CT molecular complexity index is 677. The van der Waals surface area contributed by atoms with Crippen LogP contribution >= 0.6 is 11.6 Å². The second-order valence-electron chi connectivity index (χ2n) is 4.81. The lowest BCUT2D eigenvalue weighted by Gasteiger charge is -2.20. The number of benzene rings is 1. The minimum Gasteiger partial charge on any atom is -0.486 e. The number of nitrogens with one attached hydrogen (secondary N) is 1. The average molecular weight is 319 g/mol. The van der Waals surface area contributed by atoms with E-state index in [0.29, 0.717) is 48.3 Å². The Morgan fingerprint density at radius 3 is 2.95 bits per heavy atom. The highest BCUT2D eigenvalue weighted by Gasteiger charge is 2.19. The molecule has 0 unspecified atom stereocenters. The molecule has 0 spiro atoms. The summed E-state index contributed by atoms with van der Waals surface area (Å²) >= 11 is 6.13. The maximum absolute atomic E-state index is 12.2. The first-order valence-corrected chi connectivity index (χ1v) is 7.39. The van der Waals surface area contributed by atoms with Gasteiger partial charge in [0, 0.05) is 30.4 Å². The van der Waals surface area contributed by atoms with Crippen LogP contribution in [0.3, 0.4) is 0 Å². The first kappa shape index (κ1) is 14.7. The van der Waals surface area contributed by atoms with Gasteiger partial charge in [-0.2, -0.15) is 0 Å². The molecule has 1 aliphatic heterocycles. The quantitative estimate of drug-likeness (QED) is 0.941. The lowest BCUT2D eigenvalue weighted by molar-refractivity contribution is 0.0953. The number of carbonyl (C=O) groups excluding carboxylic acids is 1. The first-order chi connectivity index (χ1) is 10.7. The van der Waals surface area contributed by atoms with Crippen molar-refractivity contribution in [3.05, 3.63) is 52.8 Å². The monoisotopic (exact) mass is 318 g/mol. The van der Waals surface area contributed by atoms with Gasteiger partial charge in [0.2, 0.25) is 0 Å². The number of aromatic nitrogens is 1. The molecule has 0 fully saturated rings. The van der Waals surface area contributed by atoms with Gasteiger partial charge in [-0.15, -0.1) is 0 Å². The largest absolute Gasteiger partial charge is 0.486 e. The zero-order chi connectivity index (χ0) is 15.4. The normalized spacial score (nSPS) is 12.8. The van der Waals surface area contributed by atoms with Crippen molar-refractivity contribution in [3.63, 3.8) is 0 Å². The molecule has 3 rings (SSSR count). The lowest BCUT2D eigenvalue weighted by Crippen LogP contribution is -2.26.